The molecule has 7 heteroatoms. The van der Waals surface area contributed by atoms with E-state index in [4.69, 9.17) is 14.7 Å². The van der Waals surface area contributed by atoms with Crippen molar-refractivity contribution in [3.05, 3.63) is 11.8 Å². The van der Waals surface area contributed by atoms with Crippen LogP contribution in [0.15, 0.2) is 10.7 Å². The Morgan fingerprint density at radius 3 is 2.63 bits per heavy atom. The lowest BCUT2D eigenvalue weighted by Gasteiger charge is -2.38. The highest BCUT2D eigenvalue weighted by atomic mass is 16.5. The van der Waals surface area contributed by atoms with E-state index >= 15 is 0 Å². The smallest absolute Gasteiger partial charge is 0.286 e. The fourth-order valence-corrected chi connectivity index (χ4v) is 2.16. The summed E-state index contributed by atoms with van der Waals surface area (Å²) in [7, 11) is 0. The Morgan fingerprint density at radius 1 is 1.42 bits per heavy atom. The molecule has 0 unspecified atom stereocenters. The zero-order chi connectivity index (χ0) is 13.9. The highest BCUT2D eigenvalue weighted by Crippen LogP contribution is 2.07. The molecule has 1 saturated heterocycles. The lowest BCUT2D eigenvalue weighted by molar-refractivity contribution is -0.770. The van der Waals surface area contributed by atoms with Gasteiger partial charge in [0, 0.05) is 31.7 Å². The number of nitrogens with one attached hydrogen (secondary N) is 1. The van der Waals surface area contributed by atoms with Crippen molar-refractivity contribution in [1.82, 2.24) is 10.2 Å². The third-order valence-electron chi connectivity index (χ3n) is 3.21. The normalized spacial score (nSPS) is 17.6. The monoisotopic (exact) mass is 269 g/mol. The first-order valence-corrected chi connectivity index (χ1v) is 6.65. The molecule has 1 aromatic rings. The van der Waals surface area contributed by atoms with Gasteiger partial charge in [0.2, 0.25) is 0 Å². The molecule has 1 aliphatic rings. The van der Waals surface area contributed by atoms with Crippen molar-refractivity contribution >= 4 is 0 Å². The van der Waals surface area contributed by atoms with E-state index in [2.05, 4.69) is 36.0 Å². The van der Waals surface area contributed by atoms with Crippen LogP contribution in [0.3, 0.4) is 0 Å². The molecule has 0 aliphatic carbocycles. The second kappa shape index (κ2) is 5.75. The topological polar surface area (TPSA) is 70.7 Å². The largest absolute Gasteiger partial charge is 0.380 e. The lowest BCUT2D eigenvalue weighted by atomic mass is 10.1. The van der Waals surface area contributed by atoms with Crippen LogP contribution in [-0.2, 0) is 4.74 Å². The highest BCUT2D eigenvalue weighted by Gasteiger charge is 2.23. The molecule has 2 heterocycles. The van der Waals surface area contributed by atoms with Gasteiger partial charge in [0.05, 0.1) is 13.2 Å². The van der Waals surface area contributed by atoms with E-state index < -0.39 is 0 Å². The average Bonchev–Trinajstić information content (AvgIpc) is 2.75. The van der Waals surface area contributed by atoms with Crippen LogP contribution in [0.1, 0.15) is 20.8 Å². The standard InChI is InChI=1S/C12H23N5O2/c1-12(2,3)16(17-10-11(13)19-14-17)5-4-15-6-8-18-9-7-15/h10,13H,4-9H2,1-3H3. The summed E-state index contributed by atoms with van der Waals surface area (Å²) in [5.41, 5.74) is -0.0130. The van der Waals surface area contributed by atoms with E-state index in [9.17, 15) is 0 Å². The van der Waals surface area contributed by atoms with E-state index in [1.807, 2.05) is 0 Å². The lowest BCUT2D eigenvalue weighted by Crippen LogP contribution is -2.69. The number of nitrogens with zero attached hydrogens (tertiary/aromatic N) is 4. The van der Waals surface area contributed by atoms with E-state index in [0.29, 0.717) is 0 Å². The molecule has 0 radical (unpaired) electrons. The quantitative estimate of drug-likeness (QED) is 0.715. The molecule has 0 bridgehead atoms. The highest BCUT2D eigenvalue weighted by molar-refractivity contribution is 4.89. The fraction of sp³-hybridized carbons (Fsp3) is 0.833. The number of ether oxygens (including phenoxy) is 1. The van der Waals surface area contributed by atoms with E-state index in [-0.39, 0.29) is 11.1 Å². The molecular weight excluding hydrogens is 246 g/mol. The first-order chi connectivity index (χ1) is 8.97. The van der Waals surface area contributed by atoms with Gasteiger partial charge in [0.1, 0.15) is 0 Å². The second-order valence-corrected chi connectivity index (χ2v) is 5.73. The number of rotatable bonds is 4. The van der Waals surface area contributed by atoms with Gasteiger partial charge in [0.15, 0.2) is 0 Å². The third kappa shape index (κ3) is 3.81. The van der Waals surface area contributed by atoms with Gasteiger partial charge < -0.3 is 9.26 Å². The zero-order valence-electron chi connectivity index (χ0n) is 11.9. The van der Waals surface area contributed by atoms with Crippen LogP contribution in [0, 0.1) is 5.41 Å². The van der Waals surface area contributed by atoms with E-state index in [1.165, 1.54) is 0 Å². The van der Waals surface area contributed by atoms with Gasteiger partial charge >= 0.3 is 0 Å². The first kappa shape index (κ1) is 14.1. The zero-order valence-corrected chi connectivity index (χ0v) is 11.9. The summed E-state index contributed by atoms with van der Waals surface area (Å²) in [6.07, 6.45) is 1.59. The Labute approximate surface area is 113 Å². The van der Waals surface area contributed by atoms with Crippen LogP contribution >= 0.6 is 0 Å². The maximum Gasteiger partial charge on any atom is 0.286 e. The van der Waals surface area contributed by atoms with Crippen molar-refractivity contribution in [2.75, 3.05) is 44.4 Å². The predicted molar refractivity (Wildman–Crippen MR) is 68.2 cm³/mol. The van der Waals surface area contributed by atoms with Crippen molar-refractivity contribution in [2.45, 2.75) is 26.3 Å². The van der Waals surface area contributed by atoms with Crippen LogP contribution < -0.4 is 20.6 Å². The van der Waals surface area contributed by atoms with E-state index in [1.54, 1.807) is 11.0 Å². The third-order valence-corrected chi connectivity index (χ3v) is 3.21. The number of hydrogen-bond donors (Lipinski definition) is 1. The molecule has 0 atom stereocenters. The van der Waals surface area contributed by atoms with Crippen molar-refractivity contribution < 1.29 is 14.1 Å². The van der Waals surface area contributed by atoms with Crippen molar-refractivity contribution in [3.63, 3.8) is 0 Å². The summed E-state index contributed by atoms with van der Waals surface area (Å²) in [4.78, 5) is 4.01. The Kier molecular flexibility index (Phi) is 4.26. The molecule has 0 spiro atoms. The van der Waals surface area contributed by atoms with Crippen molar-refractivity contribution in [3.8, 4) is 0 Å². The molecule has 108 valence electrons. The molecule has 0 amide bonds. The minimum absolute atomic E-state index is 0.0700. The molecule has 0 saturated carbocycles. The molecular formula is C12H23N5O2. The average molecular weight is 269 g/mol. The maximum atomic E-state index is 7.44. The summed E-state index contributed by atoms with van der Waals surface area (Å²) in [5.74, 6) is 0. The van der Waals surface area contributed by atoms with Gasteiger partial charge in [-0.2, -0.15) is 0 Å². The van der Waals surface area contributed by atoms with Crippen LogP contribution in [0.25, 0.3) is 0 Å². The Hall–Kier alpha value is -1.34. The van der Waals surface area contributed by atoms with Gasteiger partial charge in [0.25, 0.3) is 11.8 Å². The number of aromatic nitrogens is 2. The maximum absolute atomic E-state index is 7.44. The second-order valence-electron chi connectivity index (χ2n) is 5.73. The first-order valence-electron chi connectivity index (χ1n) is 6.65. The van der Waals surface area contributed by atoms with Crippen LogP contribution in [0.2, 0.25) is 0 Å². The van der Waals surface area contributed by atoms with Gasteiger partial charge in [-0.25, -0.2) is 0 Å². The van der Waals surface area contributed by atoms with Crippen LogP contribution in [0.5, 0.6) is 0 Å². The van der Waals surface area contributed by atoms with Crippen LogP contribution in [0.4, 0.5) is 0 Å². The summed E-state index contributed by atoms with van der Waals surface area (Å²) in [5, 5.41) is 13.4. The predicted octanol–water partition coefficient (Wildman–Crippen LogP) is -0.928. The number of morpholine rings is 1. The molecule has 1 aromatic heterocycles. The molecule has 0 aromatic carbocycles. The molecule has 1 aliphatic heterocycles. The summed E-state index contributed by atoms with van der Waals surface area (Å²) in [6.45, 7) is 11.7. The minimum Gasteiger partial charge on any atom is -0.380 e. The fourth-order valence-electron chi connectivity index (χ4n) is 2.16. The molecule has 19 heavy (non-hydrogen) atoms. The Balaban J connectivity index is 2.00. The van der Waals surface area contributed by atoms with Gasteiger partial charge in [-0.15, -0.1) is 0 Å². The summed E-state index contributed by atoms with van der Waals surface area (Å²) < 4.78 is 10.2. The summed E-state index contributed by atoms with van der Waals surface area (Å²) in [6, 6.07) is 0. The van der Waals surface area contributed by atoms with E-state index in [0.717, 1.165) is 39.4 Å². The summed E-state index contributed by atoms with van der Waals surface area (Å²) >= 11 is 0. The molecule has 2 rings (SSSR count). The van der Waals surface area contributed by atoms with Gasteiger partial charge in [-0.3, -0.25) is 15.3 Å². The van der Waals surface area contributed by atoms with Crippen LogP contribution in [-0.4, -0.2) is 49.8 Å². The Morgan fingerprint density at radius 2 is 2.11 bits per heavy atom. The van der Waals surface area contributed by atoms with Gasteiger partial charge in [-0.1, -0.05) is 25.6 Å². The van der Waals surface area contributed by atoms with Gasteiger partial charge in [-0.05, 0) is 5.27 Å². The molecule has 7 nitrogen and oxygen atoms in total. The Bertz CT molecular complexity index is 441. The molecule has 1 N–H and O–H groups in total. The SMILES string of the molecule is CC(C)(C)N(CCN1CCOCC1)[n+]1cc(=N)o[n-]1. The molecule has 1 fully saturated rings. The number of hydrogen-bond acceptors (Lipinski definition) is 5. The van der Waals surface area contributed by atoms with Crippen molar-refractivity contribution in [1.29, 1.82) is 5.41 Å². The minimum atomic E-state index is -0.0831. The van der Waals surface area contributed by atoms with Crippen molar-refractivity contribution in [2.24, 2.45) is 0 Å².